The zero-order chi connectivity index (χ0) is 21.4. The first-order chi connectivity index (χ1) is 15.1. The van der Waals surface area contributed by atoms with Crippen LogP contribution >= 0.6 is 22.9 Å². The molecule has 1 aliphatic heterocycles. The van der Waals surface area contributed by atoms with E-state index < -0.39 is 0 Å². The Labute approximate surface area is 190 Å². The summed E-state index contributed by atoms with van der Waals surface area (Å²) in [4.78, 5) is 36.6. The predicted octanol–water partition coefficient (Wildman–Crippen LogP) is 3.73. The number of fused-ring (bicyclic) bond motifs is 3. The number of aryl methyl sites for hydroxylation is 3. The SMILES string of the molecule is O=C(CCn1cnc2sc3c(c2c1=O)CCCC3)N1CCN(c2ccccc2Cl)CC1. The first-order valence-corrected chi connectivity index (χ1v) is 12.1. The van der Waals surface area contributed by atoms with Crippen LogP contribution in [0.25, 0.3) is 10.2 Å². The maximum Gasteiger partial charge on any atom is 0.262 e. The molecule has 8 heteroatoms. The number of nitrogens with zero attached hydrogens (tertiary/aromatic N) is 4. The lowest BCUT2D eigenvalue weighted by Gasteiger charge is -2.36. The van der Waals surface area contributed by atoms with Gasteiger partial charge < -0.3 is 9.80 Å². The number of amides is 1. The Balaban J connectivity index is 1.23. The monoisotopic (exact) mass is 456 g/mol. The van der Waals surface area contributed by atoms with Crippen LogP contribution in [0, 0.1) is 0 Å². The van der Waals surface area contributed by atoms with Gasteiger partial charge in [0, 0.05) is 44.0 Å². The lowest BCUT2D eigenvalue weighted by atomic mass is 9.97. The number of aromatic nitrogens is 2. The van der Waals surface area contributed by atoms with Crippen LogP contribution in [0.1, 0.15) is 29.7 Å². The van der Waals surface area contributed by atoms with Crippen LogP contribution in [0.2, 0.25) is 5.02 Å². The lowest BCUT2D eigenvalue weighted by Crippen LogP contribution is -2.49. The second-order valence-corrected chi connectivity index (χ2v) is 9.69. The number of para-hydroxylation sites is 1. The largest absolute Gasteiger partial charge is 0.367 e. The van der Waals surface area contributed by atoms with Gasteiger partial charge in [-0.2, -0.15) is 0 Å². The molecule has 2 aromatic heterocycles. The van der Waals surface area contributed by atoms with Crippen molar-refractivity contribution in [2.45, 2.75) is 38.6 Å². The van der Waals surface area contributed by atoms with Crippen LogP contribution in [-0.2, 0) is 24.2 Å². The molecule has 6 nitrogen and oxygen atoms in total. The molecule has 0 atom stereocenters. The molecule has 1 amide bonds. The number of anilines is 1. The summed E-state index contributed by atoms with van der Waals surface area (Å²) in [5, 5.41) is 1.52. The minimum Gasteiger partial charge on any atom is -0.367 e. The number of rotatable bonds is 4. The van der Waals surface area contributed by atoms with Crippen LogP contribution in [-0.4, -0.2) is 46.5 Å². The van der Waals surface area contributed by atoms with Crippen molar-refractivity contribution >= 4 is 44.7 Å². The molecule has 1 aliphatic carbocycles. The summed E-state index contributed by atoms with van der Waals surface area (Å²) >= 11 is 7.96. The van der Waals surface area contributed by atoms with Crippen molar-refractivity contribution in [3.05, 3.63) is 56.4 Å². The fraction of sp³-hybridized carbons (Fsp3) is 0.435. The van der Waals surface area contributed by atoms with E-state index in [1.807, 2.05) is 29.2 Å². The minimum absolute atomic E-state index is 0.000684. The average Bonchev–Trinajstić information content (AvgIpc) is 3.18. The highest BCUT2D eigenvalue weighted by atomic mass is 35.5. The Kier molecular flexibility index (Phi) is 5.71. The van der Waals surface area contributed by atoms with Crippen LogP contribution in [0.4, 0.5) is 5.69 Å². The third-order valence-corrected chi connectivity index (χ3v) is 7.85. The molecule has 0 unspecified atom stereocenters. The van der Waals surface area contributed by atoms with Gasteiger partial charge in [-0.25, -0.2) is 4.98 Å². The van der Waals surface area contributed by atoms with E-state index in [0.29, 0.717) is 26.1 Å². The zero-order valence-electron chi connectivity index (χ0n) is 17.3. The summed E-state index contributed by atoms with van der Waals surface area (Å²) in [6.45, 7) is 3.20. The molecule has 3 aromatic rings. The number of hydrogen-bond acceptors (Lipinski definition) is 5. The first-order valence-electron chi connectivity index (χ1n) is 10.9. The molecule has 0 N–H and O–H groups in total. The Morgan fingerprint density at radius 3 is 2.68 bits per heavy atom. The topological polar surface area (TPSA) is 58.4 Å². The van der Waals surface area contributed by atoms with Crippen molar-refractivity contribution < 1.29 is 4.79 Å². The first kappa shape index (κ1) is 20.5. The van der Waals surface area contributed by atoms with Gasteiger partial charge in [-0.3, -0.25) is 14.2 Å². The van der Waals surface area contributed by atoms with Crippen LogP contribution in [0.5, 0.6) is 0 Å². The van der Waals surface area contributed by atoms with E-state index in [1.54, 1.807) is 22.2 Å². The third kappa shape index (κ3) is 3.96. The fourth-order valence-electron chi connectivity index (χ4n) is 4.62. The van der Waals surface area contributed by atoms with Crippen molar-refractivity contribution in [1.29, 1.82) is 0 Å². The Hall–Kier alpha value is -2.38. The molecule has 3 heterocycles. The summed E-state index contributed by atoms with van der Waals surface area (Å²) < 4.78 is 1.61. The molecule has 0 spiro atoms. The van der Waals surface area contributed by atoms with E-state index in [4.69, 9.17) is 11.6 Å². The molecule has 162 valence electrons. The highest BCUT2D eigenvalue weighted by molar-refractivity contribution is 7.18. The molecule has 1 fully saturated rings. The molecule has 0 bridgehead atoms. The molecule has 31 heavy (non-hydrogen) atoms. The lowest BCUT2D eigenvalue weighted by molar-refractivity contribution is -0.131. The van der Waals surface area contributed by atoms with Gasteiger partial charge in [-0.1, -0.05) is 23.7 Å². The summed E-state index contributed by atoms with van der Waals surface area (Å²) in [6, 6.07) is 7.80. The number of thiophene rings is 1. The van der Waals surface area contributed by atoms with Gasteiger partial charge in [-0.05, 0) is 43.4 Å². The van der Waals surface area contributed by atoms with Gasteiger partial charge in [0.1, 0.15) is 4.83 Å². The number of halogens is 1. The van der Waals surface area contributed by atoms with Crippen molar-refractivity contribution in [2.75, 3.05) is 31.1 Å². The van der Waals surface area contributed by atoms with Crippen molar-refractivity contribution in [3.63, 3.8) is 0 Å². The van der Waals surface area contributed by atoms with Gasteiger partial charge in [0.05, 0.1) is 22.4 Å². The average molecular weight is 457 g/mol. The third-order valence-electron chi connectivity index (χ3n) is 6.33. The summed E-state index contributed by atoms with van der Waals surface area (Å²) in [5.41, 5.74) is 2.21. The highest BCUT2D eigenvalue weighted by Crippen LogP contribution is 2.33. The van der Waals surface area contributed by atoms with Gasteiger partial charge in [-0.15, -0.1) is 11.3 Å². The second kappa shape index (κ2) is 8.63. The van der Waals surface area contributed by atoms with Gasteiger partial charge in [0.15, 0.2) is 0 Å². The van der Waals surface area contributed by atoms with Crippen molar-refractivity contribution in [1.82, 2.24) is 14.5 Å². The second-order valence-electron chi connectivity index (χ2n) is 8.20. The molecular weight excluding hydrogens is 432 g/mol. The Morgan fingerprint density at radius 2 is 1.87 bits per heavy atom. The molecule has 1 saturated heterocycles. The molecule has 0 radical (unpaired) electrons. The van der Waals surface area contributed by atoms with E-state index in [1.165, 1.54) is 16.9 Å². The smallest absolute Gasteiger partial charge is 0.262 e. The maximum absolute atomic E-state index is 13.1. The molecule has 0 saturated carbocycles. The van der Waals surface area contributed by atoms with Crippen LogP contribution in [0.15, 0.2) is 35.4 Å². The van der Waals surface area contributed by atoms with Crippen LogP contribution in [0.3, 0.4) is 0 Å². The molecular formula is C23H25ClN4O2S. The van der Waals surface area contributed by atoms with E-state index in [0.717, 1.165) is 53.3 Å². The molecule has 5 rings (SSSR count). The van der Waals surface area contributed by atoms with Crippen molar-refractivity contribution in [3.8, 4) is 0 Å². The van der Waals surface area contributed by atoms with Gasteiger partial charge >= 0.3 is 0 Å². The van der Waals surface area contributed by atoms with E-state index >= 15 is 0 Å². The van der Waals surface area contributed by atoms with E-state index in [9.17, 15) is 9.59 Å². The number of carbonyl (C=O) groups is 1. The van der Waals surface area contributed by atoms with Gasteiger partial charge in [0.25, 0.3) is 5.56 Å². The zero-order valence-corrected chi connectivity index (χ0v) is 18.9. The standard InChI is InChI=1S/C23H25ClN4O2S/c24-17-6-2-3-7-18(17)26-11-13-27(14-12-26)20(29)9-10-28-15-25-22-21(23(28)30)16-5-1-4-8-19(16)31-22/h2-3,6-7,15H,1,4-5,8-14H2. The quantitative estimate of drug-likeness (QED) is 0.600. The van der Waals surface area contributed by atoms with Crippen LogP contribution < -0.4 is 10.5 Å². The maximum atomic E-state index is 13.1. The summed E-state index contributed by atoms with van der Waals surface area (Å²) in [6.07, 6.45) is 6.25. The highest BCUT2D eigenvalue weighted by Gasteiger charge is 2.23. The number of benzene rings is 1. The number of carbonyl (C=O) groups excluding carboxylic acids is 1. The minimum atomic E-state index is 0.000684. The Bertz CT molecular complexity index is 1180. The molecule has 2 aliphatic rings. The predicted molar refractivity (Wildman–Crippen MR) is 125 cm³/mol. The normalized spacial score (nSPS) is 16.5. The Morgan fingerprint density at radius 1 is 1.10 bits per heavy atom. The van der Waals surface area contributed by atoms with E-state index in [2.05, 4.69) is 9.88 Å². The number of piperazine rings is 1. The fourth-order valence-corrected chi connectivity index (χ4v) is 6.09. The van der Waals surface area contributed by atoms with Gasteiger partial charge in [0.2, 0.25) is 5.91 Å². The molecule has 1 aromatic carbocycles. The summed E-state index contributed by atoms with van der Waals surface area (Å²) in [7, 11) is 0. The van der Waals surface area contributed by atoms with E-state index in [-0.39, 0.29) is 11.5 Å². The summed E-state index contributed by atoms with van der Waals surface area (Å²) in [5.74, 6) is 0.0816. The number of hydrogen-bond donors (Lipinski definition) is 0. The van der Waals surface area contributed by atoms with Crippen molar-refractivity contribution in [2.24, 2.45) is 0 Å².